The molecule has 0 saturated carbocycles. The Labute approximate surface area is 186 Å². The van der Waals surface area contributed by atoms with Crippen LogP contribution in [0, 0.1) is 6.92 Å². The van der Waals surface area contributed by atoms with Gasteiger partial charge >= 0.3 is 5.97 Å². The van der Waals surface area contributed by atoms with Crippen LogP contribution in [0.25, 0.3) is 0 Å². The Morgan fingerprint density at radius 2 is 1.84 bits per heavy atom. The first-order chi connectivity index (χ1) is 14.4. The lowest BCUT2D eigenvalue weighted by Gasteiger charge is -2.17. The number of nitrogen functional groups attached to an aromatic ring is 1. The molecule has 0 aliphatic heterocycles. The fraction of sp³-hybridized carbons (Fsp3) is 0.300. The fourth-order valence-corrected chi connectivity index (χ4v) is 3.61. The highest BCUT2D eigenvalue weighted by Crippen LogP contribution is 2.29. The number of amides is 1. The number of anilines is 2. The molecule has 0 bridgehead atoms. The Hall–Kier alpha value is -2.82. The Bertz CT molecular complexity index is 1120. The van der Waals surface area contributed by atoms with Crippen molar-refractivity contribution in [1.29, 1.82) is 0 Å². The van der Waals surface area contributed by atoms with Gasteiger partial charge in [0, 0.05) is 25.8 Å². The molecule has 31 heavy (non-hydrogen) atoms. The molecule has 3 N–H and O–H groups in total. The smallest absolute Gasteiger partial charge is 0.342 e. The molecule has 2 aromatic carbocycles. The lowest BCUT2D eigenvalue weighted by atomic mass is 10.1. The molecule has 0 aliphatic carbocycles. The number of methoxy groups -OCH3 is 1. The van der Waals surface area contributed by atoms with Gasteiger partial charge in [0.25, 0.3) is 5.91 Å². The van der Waals surface area contributed by atoms with Crippen LogP contribution in [0.5, 0.6) is 5.75 Å². The van der Waals surface area contributed by atoms with Crippen LogP contribution in [0.15, 0.2) is 35.2 Å². The van der Waals surface area contributed by atoms with E-state index in [9.17, 15) is 18.0 Å². The van der Waals surface area contributed by atoms with Gasteiger partial charge in [-0.15, -0.1) is 0 Å². The van der Waals surface area contributed by atoms with Gasteiger partial charge in [0.2, 0.25) is 10.0 Å². The molecule has 9 nitrogen and oxygen atoms in total. The predicted molar refractivity (Wildman–Crippen MR) is 118 cm³/mol. The number of nitrogens with one attached hydrogen (secondary N) is 1. The van der Waals surface area contributed by atoms with E-state index in [0.717, 1.165) is 4.31 Å². The molecule has 1 amide bonds. The fourth-order valence-electron chi connectivity index (χ4n) is 2.52. The largest absolute Gasteiger partial charge is 0.496 e. The summed E-state index contributed by atoms with van der Waals surface area (Å²) in [7, 11) is 0.491. The van der Waals surface area contributed by atoms with Crippen molar-refractivity contribution >= 4 is 44.9 Å². The third-order valence-corrected chi connectivity index (χ3v) is 6.58. The summed E-state index contributed by atoms with van der Waals surface area (Å²) in [5.74, 6) is -1.32. The zero-order chi connectivity index (χ0) is 23.5. The minimum Gasteiger partial charge on any atom is -0.496 e. The number of nitrogens with zero attached hydrogens (tertiary/aromatic N) is 1. The molecule has 11 heteroatoms. The van der Waals surface area contributed by atoms with Crippen molar-refractivity contribution in [3.63, 3.8) is 0 Å². The second-order valence-corrected chi connectivity index (χ2v) is 9.43. The number of hydrogen-bond donors (Lipinski definition) is 2. The van der Waals surface area contributed by atoms with Crippen LogP contribution in [0.2, 0.25) is 5.02 Å². The summed E-state index contributed by atoms with van der Waals surface area (Å²) in [5, 5.41) is 2.73. The van der Waals surface area contributed by atoms with Crippen molar-refractivity contribution in [2.45, 2.75) is 24.8 Å². The van der Waals surface area contributed by atoms with Crippen LogP contribution in [0.4, 0.5) is 11.4 Å². The van der Waals surface area contributed by atoms with E-state index in [1.807, 2.05) is 0 Å². The van der Waals surface area contributed by atoms with E-state index in [2.05, 4.69) is 5.32 Å². The molecule has 0 heterocycles. The molecule has 0 saturated heterocycles. The highest BCUT2D eigenvalue weighted by Gasteiger charge is 2.24. The van der Waals surface area contributed by atoms with Gasteiger partial charge in [0.1, 0.15) is 11.3 Å². The number of esters is 1. The van der Waals surface area contributed by atoms with Gasteiger partial charge in [-0.1, -0.05) is 17.7 Å². The van der Waals surface area contributed by atoms with E-state index in [0.29, 0.717) is 5.56 Å². The minimum absolute atomic E-state index is 0.0107. The summed E-state index contributed by atoms with van der Waals surface area (Å²) in [4.78, 5) is 25.1. The number of halogens is 1. The zero-order valence-corrected chi connectivity index (χ0v) is 19.3. The summed E-state index contributed by atoms with van der Waals surface area (Å²) in [6.07, 6.45) is -1.19. The number of carbonyl (C=O) groups is 2. The molecule has 0 spiro atoms. The van der Waals surface area contributed by atoms with Crippen LogP contribution < -0.4 is 15.8 Å². The Morgan fingerprint density at radius 3 is 2.42 bits per heavy atom. The van der Waals surface area contributed by atoms with E-state index in [-0.39, 0.29) is 32.6 Å². The number of ether oxygens (including phenoxy) is 2. The van der Waals surface area contributed by atoms with Gasteiger partial charge in [0.05, 0.1) is 22.7 Å². The van der Waals surface area contributed by atoms with Gasteiger partial charge in [-0.05, 0) is 37.6 Å². The number of nitrogens with two attached hydrogens (primary N) is 1. The quantitative estimate of drug-likeness (QED) is 0.471. The monoisotopic (exact) mass is 469 g/mol. The lowest BCUT2D eigenvalue weighted by molar-refractivity contribution is -0.123. The molecule has 2 aromatic rings. The Morgan fingerprint density at radius 1 is 1.19 bits per heavy atom. The molecular weight excluding hydrogens is 446 g/mol. The topological polar surface area (TPSA) is 128 Å². The number of aryl methyl sites for hydroxylation is 1. The number of rotatable bonds is 7. The van der Waals surface area contributed by atoms with Crippen molar-refractivity contribution in [2.75, 3.05) is 32.3 Å². The molecule has 168 valence electrons. The first kappa shape index (κ1) is 24.4. The first-order valence-electron chi connectivity index (χ1n) is 9.06. The summed E-state index contributed by atoms with van der Waals surface area (Å²) in [6.45, 7) is 3.09. The minimum atomic E-state index is -3.68. The number of benzene rings is 2. The maximum absolute atomic E-state index is 12.6. The highest BCUT2D eigenvalue weighted by atomic mass is 35.5. The highest BCUT2D eigenvalue weighted by molar-refractivity contribution is 7.89. The SMILES string of the molecule is COc1cc(N)c(Cl)cc1C(=O)OC(C)C(=O)Nc1cc(S(=O)(=O)N(C)C)ccc1C. The van der Waals surface area contributed by atoms with E-state index in [1.54, 1.807) is 13.0 Å². The molecule has 0 aromatic heterocycles. The average Bonchev–Trinajstić information content (AvgIpc) is 2.70. The van der Waals surface area contributed by atoms with Gasteiger partial charge in [0.15, 0.2) is 6.10 Å². The second-order valence-electron chi connectivity index (χ2n) is 6.87. The van der Waals surface area contributed by atoms with Crippen molar-refractivity contribution in [2.24, 2.45) is 0 Å². The van der Waals surface area contributed by atoms with Crippen molar-refractivity contribution in [1.82, 2.24) is 4.31 Å². The third kappa shape index (κ3) is 5.46. The predicted octanol–water partition coefficient (Wildman–Crippen LogP) is 2.67. The van der Waals surface area contributed by atoms with Crippen LogP contribution in [-0.2, 0) is 19.6 Å². The van der Waals surface area contributed by atoms with Gasteiger partial charge in [-0.25, -0.2) is 17.5 Å². The van der Waals surface area contributed by atoms with Crippen molar-refractivity contribution < 1.29 is 27.5 Å². The number of carbonyl (C=O) groups excluding carboxylic acids is 2. The number of hydrogen-bond acceptors (Lipinski definition) is 7. The van der Waals surface area contributed by atoms with Crippen LogP contribution in [0.1, 0.15) is 22.8 Å². The maximum atomic E-state index is 12.6. The van der Waals surface area contributed by atoms with Gasteiger partial charge in [-0.2, -0.15) is 0 Å². The molecule has 2 rings (SSSR count). The number of sulfonamides is 1. The molecule has 0 aliphatic rings. The molecule has 1 atom stereocenters. The standard InChI is InChI=1S/C20H24ClN3O6S/c1-11-6-7-13(31(27,28)24(3)4)8-17(11)23-19(25)12(2)30-20(26)14-9-15(21)16(22)10-18(14)29-5/h6-10,12H,22H2,1-5H3,(H,23,25). The normalized spacial score (nSPS) is 12.4. The molecule has 0 radical (unpaired) electrons. The van der Waals surface area contributed by atoms with Gasteiger partial charge < -0.3 is 20.5 Å². The molecular formula is C20H24ClN3O6S. The van der Waals surface area contributed by atoms with E-state index in [4.69, 9.17) is 26.8 Å². The first-order valence-corrected chi connectivity index (χ1v) is 10.9. The van der Waals surface area contributed by atoms with E-state index >= 15 is 0 Å². The van der Waals surface area contributed by atoms with E-state index in [1.165, 1.54) is 52.4 Å². The van der Waals surface area contributed by atoms with Crippen LogP contribution in [-0.4, -0.2) is 51.9 Å². The average molecular weight is 470 g/mol. The Kier molecular flexibility index (Phi) is 7.53. The van der Waals surface area contributed by atoms with Crippen molar-refractivity contribution in [3.05, 3.63) is 46.5 Å². The summed E-state index contributed by atoms with van der Waals surface area (Å²) < 4.78 is 36.1. The van der Waals surface area contributed by atoms with Gasteiger partial charge in [-0.3, -0.25) is 4.79 Å². The summed E-state index contributed by atoms with van der Waals surface area (Å²) >= 11 is 5.96. The van der Waals surface area contributed by atoms with Crippen LogP contribution in [0.3, 0.4) is 0 Å². The Balaban J connectivity index is 2.20. The molecule has 0 fully saturated rings. The van der Waals surface area contributed by atoms with Crippen molar-refractivity contribution in [3.8, 4) is 5.75 Å². The second kappa shape index (κ2) is 9.54. The maximum Gasteiger partial charge on any atom is 0.342 e. The summed E-state index contributed by atoms with van der Waals surface area (Å²) in [6, 6.07) is 7.04. The summed E-state index contributed by atoms with van der Waals surface area (Å²) in [5.41, 5.74) is 6.86. The molecule has 1 unspecified atom stereocenters. The lowest BCUT2D eigenvalue weighted by Crippen LogP contribution is -2.30. The van der Waals surface area contributed by atoms with Crippen LogP contribution >= 0.6 is 11.6 Å². The van der Waals surface area contributed by atoms with E-state index < -0.39 is 28.0 Å². The zero-order valence-electron chi connectivity index (χ0n) is 17.7. The third-order valence-electron chi connectivity index (χ3n) is 4.44.